The molecule has 0 spiro atoms. The van der Waals surface area contributed by atoms with Crippen molar-refractivity contribution in [3.8, 4) is 5.75 Å². The lowest BCUT2D eigenvalue weighted by molar-refractivity contribution is -0.174. The normalized spacial score (nSPS) is 15.2. The standard InChI is InChI=1S/C10H12N2O2/c11-7-8-1-3-9(4-2-8)14-12-6-5-10(12)13/h1-4H,5-7,11H2. The number of carbonyl (C=O) groups excluding carboxylic acids is 1. The van der Waals surface area contributed by atoms with Crippen molar-refractivity contribution in [1.82, 2.24) is 5.06 Å². The molecule has 1 aliphatic heterocycles. The first-order valence-electron chi connectivity index (χ1n) is 4.57. The van der Waals surface area contributed by atoms with Crippen LogP contribution in [0.1, 0.15) is 12.0 Å². The number of β-lactam (4-membered cyclic amide) rings is 1. The van der Waals surface area contributed by atoms with E-state index < -0.39 is 0 Å². The Hall–Kier alpha value is -1.55. The van der Waals surface area contributed by atoms with E-state index >= 15 is 0 Å². The zero-order chi connectivity index (χ0) is 9.97. The molecule has 1 aliphatic rings. The summed E-state index contributed by atoms with van der Waals surface area (Å²) in [6, 6.07) is 7.40. The lowest BCUT2D eigenvalue weighted by Crippen LogP contribution is -2.45. The molecule has 0 radical (unpaired) electrons. The molecule has 1 aromatic carbocycles. The van der Waals surface area contributed by atoms with Crippen LogP contribution in [0.4, 0.5) is 0 Å². The molecule has 0 aliphatic carbocycles. The Balaban J connectivity index is 1.99. The van der Waals surface area contributed by atoms with Gasteiger partial charge in [-0.25, -0.2) is 0 Å². The maximum atomic E-state index is 10.9. The number of benzene rings is 1. The van der Waals surface area contributed by atoms with Crippen LogP contribution in [-0.4, -0.2) is 17.5 Å². The third kappa shape index (κ3) is 1.70. The van der Waals surface area contributed by atoms with Gasteiger partial charge in [-0.05, 0) is 17.7 Å². The smallest absolute Gasteiger partial charge is 0.257 e. The molecule has 1 amide bonds. The van der Waals surface area contributed by atoms with Crippen LogP contribution in [0.3, 0.4) is 0 Å². The zero-order valence-electron chi connectivity index (χ0n) is 7.77. The summed E-state index contributed by atoms with van der Waals surface area (Å²) in [6.07, 6.45) is 0.584. The molecule has 0 atom stereocenters. The average Bonchev–Trinajstić information content (AvgIpc) is 2.24. The number of hydrogen-bond donors (Lipinski definition) is 1. The molecule has 4 nitrogen and oxygen atoms in total. The van der Waals surface area contributed by atoms with Gasteiger partial charge in [-0.2, -0.15) is 5.06 Å². The molecule has 14 heavy (non-hydrogen) atoms. The fourth-order valence-electron chi connectivity index (χ4n) is 1.20. The maximum absolute atomic E-state index is 10.9. The van der Waals surface area contributed by atoms with Crippen molar-refractivity contribution in [3.05, 3.63) is 29.8 Å². The molecule has 74 valence electrons. The van der Waals surface area contributed by atoms with E-state index in [0.717, 1.165) is 5.56 Å². The van der Waals surface area contributed by atoms with Gasteiger partial charge in [-0.15, -0.1) is 0 Å². The van der Waals surface area contributed by atoms with E-state index in [4.69, 9.17) is 10.6 Å². The first kappa shape index (κ1) is 9.02. The Morgan fingerprint density at radius 2 is 2.07 bits per heavy atom. The Labute approximate surface area is 82.2 Å². The van der Waals surface area contributed by atoms with Gasteiger partial charge in [0.05, 0.1) is 13.0 Å². The summed E-state index contributed by atoms with van der Waals surface area (Å²) >= 11 is 0. The molecular weight excluding hydrogens is 180 g/mol. The molecule has 0 bridgehead atoms. The van der Waals surface area contributed by atoms with Crippen molar-refractivity contribution in [1.29, 1.82) is 0 Å². The first-order chi connectivity index (χ1) is 6.79. The quantitative estimate of drug-likeness (QED) is 0.716. The van der Waals surface area contributed by atoms with E-state index in [1.165, 1.54) is 5.06 Å². The predicted octanol–water partition coefficient (Wildman–Crippen LogP) is 0.671. The van der Waals surface area contributed by atoms with Gasteiger partial charge < -0.3 is 10.6 Å². The summed E-state index contributed by atoms with van der Waals surface area (Å²) in [7, 11) is 0. The fraction of sp³-hybridized carbons (Fsp3) is 0.300. The molecule has 2 rings (SSSR count). The van der Waals surface area contributed by atoms with E-state index in [2.05, 4.69) is 0 Å². The molecule has 4 heteroatoms. The molecule has 1 fully saturated rings. The fourth-order valence-corrected chi connectivity index (χ4v) is 1.20. The van der Waals surface area contributed by atoms with Crippen LogP contribution in [0.15, 0.2) is 24.3 Å². The number of hydrogen-bond acceptors (Lipinski definition) is 3. The van der Waals surface area contributed by atoms with Crippen LogP contribution < -0.4 is 10.6 Å². The van der Waals surface area contributed by atoms with Crippen molar-refractivity contribution in [2.45, 2.75) is 13.0 Å². The lowest BCUT2D eigenvalue weighted by atomic mass is 10.2. The van der Waals surface area contributed by atoms with Crippen molar-refractivity contribution in [3.63, 3.8) is 0 Å². The van der Waals surface area contributed by atoms with Crippen LogP contribution in [0, 0.1) is 0 Å². The van der Waals surface area contributed by atoms with Crippen LogP contribution in [0.2, 0.25) is 0 Å². The van der Waals surface area contributed by atoms with E-state index in [9.17, 15) is 4.79 Å². The van der Waals surface area contributed by atoms with Gasteiger partial charge in [0.2, 0.25) is 0 Å². The Kier molecular flexibility index (Phi) is 2.37. The largest absolute Gasteiger partial charge is 0.377 e. The number of carbonyl (C=O) groups is 1. The van der Waals surface area contributed by atoms with Crippen LogP contribution >= 0.6 is 0 Å². The van der Waals surface area contributed by atoms with E-state index in [1.807, 2.05) is 24.3 Å². The molecule has 1 aromatic rings. The lowest BCUT2D eigenvalue weighted by Gasteiger charge is -2.29. The molecule has 0 saturated carbocycles. The highest BCUT2D eigenvalue weighted by Gasteiger charge is 2.25. The van der Waals surface area contributed by atoms with Crippen molar-refractivity contribution >= 4 is 5.91 Å². The molecule has 0 unspecified atom stereocenters. The highest BCUT2D eigenvalue weighted by atomic mass is 16.7. The third-order valence-electron chi connectivity index (χ3n) is 2.18. The second-order valence-corrected chi connectivity index (χ2v) is 3.19. The average molecular weight is 192 g/mol. The number of hydroxylamine groups is 2. The highest BCUT2D eigenvalue weighted by molar-refractivity contribution is 5.80. The minimum Gasteiger partial charge on any atom is -0.377 e. The van der Waals surface area contributed by atoms with E-state index in [0.29, 0.717) is 25.3 Å². The molecule has 1 saturated heterocycles. The van der Waals surface area contributed by atoms with Gasteiger partial charge >= 0.3 is 0 Å². The molecule has 1 heterocycles. The first-order valence-corrected chi connectivity index (χ1v) is 4.57. The topological polar surface area (TPSA) is 55.6 Å². The van der Waals surface area contributed by atoms with Crippen molar-refractivity contribution < 1.29 is 9.63 Å². The Morgan fingerprint density at radius 3 is 2.50 bits per heavy atom. The molecular formula is C10H12N2O2. The SMILES string of the molecule is NCc1ccc(ON2CCC2=O)cc1. The van der Waals surface area contributed by atoms with Gasteiger partial charge in [0, 0.05) is 6.54 Å². The number of amides is 1. The summed E-state index contributed by atoms with van der Waals surface area (Å²) < 4.78 is 0. The molecule has 2 N–H and O–H groups in total. The Morgan fingerprint density at radius 1 is 1.36 bits per heavy atom. The number of nitrogens with zero attached hydrogens (tertiary/aromatic N) is 1. The molecule has 0 aromatic heterocycles. The summed E-state index contributed by atoms with van der Waals surface area (Å²) in [4.78, 5) is 16.2. The van der Waals surface area contributed by atoms with Gasteiger partial charge in [-0.1, -0.05) is 12.1 Å². The van der Waals surface area contributed by atoms with Gasteiger partial charge in [0.1, 0.15) is 0 Å². The van der Waals surface area contributed by atoms with Crippen LogP contribution in [0.25, 0.3) is 0 Å². The second kappa shape index (κ2) is 3.67. The summed E-state index contributed by atoms with van der Waals surface area (Å²) in [5.74, 6) is 0.711. The number of rotatable bonds is 3. The van der Waals surface area contributed by atoms with Crippen LogP contribution in [-0.2, 0) is 11.3 Å². The van der Waals surface area contributed by atoms with E-state index in [-0.39, 0.29) is 5.91 Å². The second-order valence-electron chi connectivity index (χ2n) is 3.19. The zero-order valence-corrected chi connectivity index (χ0v) is 7.77. The predicted molar refractivity (Wildman–Crippen MR) is 51.3 cm³/mol. The van der Waals surface area contributed by atoms with Crippen LogP contribution in [0.5, 0.6) is 5.75 Å². The highest BCUT2D eigenvalue weighted by Crippen LogP contribution is 2.17. The third-order valence-corrected chi connectivity index (χ3v) is 2.18. The van der Waals surface area contributed by atoms with Gasteiger partial charge in [0.15, 0.2) is 5.75 Å². The van der Waals surface area contributed by atoms with E-state index in [1.54, 1.807) is 0 Å². The summed E-state index contributed by atoms with van der Waals surface area (Å²) in [6.45, 7) is 1.19. The summed E-state index contributed by atoms with van der Waals surface area (Å²) in [5, 5.41) is 1.36. The van der Waals surface area contributed by atoms with Crippen molar-refractivity contribution in [2.75, 3.05) is 6.54 Å². The van der Waals surface area contributed by atoms with Gasteiger partial charge in [0.25, 0.3) is 5.91 Å². The minimum absolute atomic E-state index is 0.0351. The Bertz CT molecular complexity index is 334. The summed E-state index contributed by atoms with van der Waals surface area (Å²) in [5.41, 5.74) is 6.50. The number of nitrogens with two attached hydrogens (primary N) is 1. The van der Waals surface area contributed by atoms with Gasteiger partial charge in [-0.3, -0.25) is 4.79 Å². The monoisotopic (exact) mass is 192 g/mol. The van der Waals surface area contributed by atoms with Crippen molar-refractivity contribution in [2.24, 2.45) is 5.73 Å². The minimum atomic E-state index is 0.0351. The maximum Gasteiger partial charge on any atom is 0.257 e.